The molecule has 3 N–H and O–H groups in total. The number of esters is 3. The minimum Gasteiger partial charge on any atom is -0.479 e. The van der Waals surface area contributed by atoms with Gasteiger partial charge < -0.3 is 39.0 Å². The van der Waals surface area contributed by atoms with Crippen molar-refractivity contribution >= 4 is 23.9 Å². The summed E-state index contributed by atoms with van der Waals surface area (Å²) in [6, 6.07) is 0. The number of carbonyl (C=O) groups excluding carboxylic acids is 3. The highest BCUT2D eigenvalue weighted by Crippen LogP contribution is 2.27. The number of aliphatic hydroxyl groups excluding tert-OH is 2. The Labute approximate surface area is 470 Å². The van der Waals surface area contributed by atoms with Crippen LogP contribution in [0, 0.1) is 0 Å². The molecule has 1 fully saturated rings. The van der Waals surface area contributed by atoms with Crippen molar-refractivity contribution in [2.24, 2.45) is 0 Å². The number of hydrogen-bond donors (Lipinski definition) is 3. The maximum Gasteiger partial charge on any atom is 0.335 e. The number of hydrogen-bond acceptors (Lipinski definition) is 11. The molecule has 1 heterocycles. The van der Waals surface area contributed by atoms with Crippen molar-refractivity contribution in [2.75, 3.05) is 13.2 Å². The van der Waals surface area contributed by atoms with Gasteiger partial charge in [-0.05, 0) is 70.6 Å². The number of carboxylic acids is 1. The molecule has 77 heavy (non-hydrogen) atoms. The van der Waals surface area contributed by atoms with Gasteiger partial charge in [0, 0.05) is 19.3 Å². The smallest absolute Gasteiger partial charge is 0.335 e. The van der Waals surface area contributed by atoms with Crippen LogP contribution < -0.4 is 0 Å². The summed E-state index contributed by atoms with van der Waals surface area (Å²) in [5.74, 6) is -3.11. The molecule has 0 aliphatic carbocycles. The van der Waals surface area contributed by atoms with E-state index in [-0.39, 0.29) is 25.9 Å². The summed E-state index contributed by atoms with van der Waals surface area (Å²) in [5, 5.41) is 31.5. The van der Waals surface area contributed by atoms with Gasteiger partial charge in [0.1, 0.15) is 18.8 Å². The Morgan fingerprint density at radius 3 is 1.23 bits per heavy atom. The first-order chi connectivity index (χ1) is 37.6. The van der Waals surface area contributed by atoms with Crippen molar-refractivity contribution in [1.29, 1.82) is 0 Å². The summed E-state index contributed by atoms with van der Waals surface area (Å²) >= 11 is 0. The van der Waals surface area contributed by atoms with Crippen molar-refractivity contribution in [3.8, 4) is 0 Å². The summed E-state index contributed by atoms with van der Waals surface area (Å²) in [5.41, 5.74) is 0. The molecule has 0 amide bonds. The van der Waals surface area contributed by atoms with Crippen molar-refractivity contribution in [1.82, 2.24) is 0 Å². The van der Waals surface area contributed by atoms with E-state index < -0.39 is 67.3 Å². The van der Waals surface area contributed by atoms with E-state index in [4.69, 9.17) is 23.7 Å². The van der Waals surface area contributed by atoms with Crippen molar-refractivity contribution in [2.45, 2.75) is 340 Å². The van der Waals surface area contributed by atoms with Gasteiger partial charge in [-0.2, -0.15) is 0 Å². The molecule has 0 bridgehead atoms. The molecule has 0 spiro atoms. The molecule has 0 aromatic heterocycles. The van der Waals surface area contributed by atoms with Crippen LogP contribution in [0.4, 0.5) is 0 Å². The van der Waals surface area contributed by atoms with E-state index in [1.54, 1.807) is 0 Å². The molecular weight excluding hydrogens is 973 g/mol. The number of carbonyl (C=O) groups is 4. The van der Waals surface area contributed by atoms with Crippen LogP contribution in [0.15, 0.2) is 36.5 Å². The van der Waals surface area contributed by atoms with Crippen LogP contribution in [-0.4, -0.2) is 89.2 Å². The van der Waals surface area contributed by atoms with Crippen LogP contribution in [0.5, 0.6) is 0 Å². The summed E-state index contributed by atoms with van der Waals surface area (Å²) in [4.78, 5) is 51.2. The Kier molecular flexibility index (Phi) is 50.1. The highest BCUT2D eigenvalue weighted by Gasteiger charge is 2.50. The molecule has 12 heteroatoms. The number of aliphatic carboxylic acids is 1. The molecule has 0 aromatic carbocycles. The highest BCUT2D eigenvalue weighted by atomic mass is 16.7. The van der Waals surface area contributed by atoms with Gasteiger partial charge in [0.2, 0.25) is 0 Å². The third kappa shape index (κ3) is 43.4. The van der Waals surface area contributed by atoms with Crippen LogP contribution in [-0.2, 0) is 42.9 Å². The Hall–Kier alpha value is -3.06. The van der Waals surface area contributed by atoms with Gasteiger partial charge in [-0.1, -0.05) is 250 Å². The van der Waals surface area contributed by atoms with E-state index in [0.717, 1.165) is 96.3 Å². The Balaban J connectivity index is 2.64. The molecule has 1 aliphatic heterocycles. The van der Waals surface area contributed by atoms with Gasteiger partial charge in [-0.15, -0.1) is 0 Å². The lowest BCUT2D eigenvalue weighted by Gasteiger charge is -2.40. The maximum atomic E-state index is 13.2. The van der Waals surface area contributed by atoms with Crippen molar-refractivity contribution in [3.63, 3.8) is 0 Å². The largest absolute Gasteiger partial charge is 0.479 e. The second-order valence-corrected chi connectivity index (χ2v) is 22.0. The fraction of sp³-hybridized carbons (Fsp3) is 0.846. The molecule has 448 valence electrons. The third-order valence-corrected chi connectivity index (χ3v) is 14.7. The number of unbranched alkanes of at least 4 members (excludes halogenated alkanes) is 35. The summed E-state index contributed by atoms with van der Waals surface area (Å²) in [6.07, 6.45) is 51.1. The number of rotatable bonds is 55. The van der Waals surface area contributed by atoms with E-state index in [2.05, 4.69) is 57.2 Å². The van der Waals surface area contributed by atoms with E-state index >= 15 is 0 Å². The van der Waals surface area contributed by atoms with Gasteiger partial charge in [-0.3, -0.25) is 14.4 Å². The van der Waals surface area contributed by atoms with Crippen LogP contribution in [0.1, 0.15) is 303 Å². The Morgan fingerprint density at radius 2 is 0.805 bits per heavy atom. The zero-order chi connectivity index (χ0) is 56.1. The minimum absolute atomic E-state index is 0.0641. The minimum atomic E-state index is -1.90. The lowest BCUT2D eigenvalue weighted by molar-refractivity contribution is -0.301. The lowest BCUT2D eigenvalue weighted by atomic mass is 9.98. The number of aliphatic hydroxyl groups is 2. The van der Waals surface area contributed by atoms with Crippen LogP contribution >= 0.6 is 0 Å². The molecule has 6 atom stereocenters. The number of allylic oxidation sites excluding steroid dienone is 6. The van der Waals surface area contributed by atoms with Crippen LogP contribution in [0.2, 0.25) is 0 Å². The first-order valence-corrected chi connectivity index (χ1v) is 32.0. The van der Waals surface area contributed by atoms with Crippen LogP contribution in [0.3, 0.4) is 0 Å². The first kappa shape index (κ1) is 72.0. The molecular formula is C65H116O12. The van der Waals surface area contributed by atoms with Gasteiger partial charge in [0.15, 0.2) is 24.6 Å². The molecule has 6 unspecified atom stereocenters. The fourth-order valence-corrected chi connectivity index (χ4v) is 9.76. The number of ether oxygens (including phenoxy) is 5. The second-order valence-electron chi connectivity index (χ2n) is 22.0. The third-order valence-electron chi connectivity index (χ3n) is 14.7. The normalized spacial score (nSPS) is 18.2. The maximum absolute atomic E-state index is 13.2. The molecule has 1 rings (SSSR count). The van der Waals surface area contributed by atoms with Crippen molar-refractivity contribution in [3.05, 3.63) is 36.5 Å². The molecule has 12 nitrogen and oxygen atoms in total. The number of carboxylic acid groups (broad SMARTS) is 1. The Morgan fingerprint density at radius 1 is 0.429 bits per heavy atom. The average molecular weight is 1090 g/mol. The van der Waals surface area contributed by atoms with Crippen molar-refractivity contribution < 1.29 is 58.2 Å². The van der Waals surface area contributed by atoms with E-state index in [1.807, 2.05) is 0 Å². The summed E-state index contributed by atoms with van der Waals surface area (Å²) in [6.45, 7) is 5.95. The molecule has 0 radical (unpaired) electrons. The summed E-state index contributed by atoms with van der Waals surface area (Å²) < 4.78 is 28.5. The highest BCUT2D eigenvalue weighted by molar-refractivity contribution is 5.74. The SMILES string of the molecule is CCC/C=C\C/C=C\CCCCCCCC(=O)OC(COC(=O)CCCCCCCCCCC/C=C\CCCCCCCC)COC1OC(C(=O)O)C(O)C(O)C1OC(=O)CCCCCCCCCCCCCCCCC. The molecule has 1 saturated heterocycles. The topological polar surface area (TPSA) is 175 Å². The molecule has 0 aromatic rings. The van der Waals surface area contributed by atoms with E-state index in [9.17, 15) is 34.5 Å². The average Bonchev–Trinajstić information content (AvgIpc) is 3.42. The lowest BCUT2D eigenvalue weighted by Crippen LogP contribution is -2.61. The predicted molar refractivity (Wildman–Crippen MR) is 313 cm³/mol. The Bertz CT molecular complexity index is 1480. The van der Waals surface area contributed by atoms with E-state index in [1.165, 1.54) is 148 Å². The predicted octanol–water partition coefficient (Wildman–Crippen LogP) is 16.8. The first-order valence-electron chi connectivity index (χ1n) is 32.0. The van der Waals surface area contributed by atoms with Gasteiger partial charge in [-0.25, -0.2) is 4.79 Å². The molecule has 1 aliphatic rings. The molecule has 0 saturated carbocycles. The standard InChI is InChI=1S/C65H116O12/c1-4-7-10-13-16-19-22-25-27-28-29-30-32-34-36-39-42-45-48-51-57(66)73-54-56(75-58(67)52-49-46-43-40-37-33-24-21-18-15-12-9-6-3)55-74-65-63(61(70)60(69)62(77-65)64(71)72)76-59(68)53-50-47-44-41-38-35-31-26-23-20-17-14-11-8-5-2/h12,15,21,24-25,27,56,60-63,65,69-70H,4-11,13-14,16-20,22-23,26,28-55H2,1-3H3,(H,71,72)/b15-12-,24-21-,27-25-. The van der Waals surface area contributed by atoms with Gasteiger partial charge in [0.25, 0.3) is 0 Å². The summed E-state index contributed by atoms with van der Waals surface area (Å²) in [7, 11) is 0. The zero-order valence-corrected chi connectivity index (χ0v) is 49.5. The second kappa shape index (κ2) is 53.6. The monoisotopic (exact) mass is 1090 g/mol. The van der Waals surface area contributed by atoms with Crippen LogP contribution in [0.25, 0.3) is 0 Å². The van der Waals surface area contributed by atoms with Gasteiger partial charge in [0.05, 0.1) is 6.61 Å². The fourth-order valence-electron chi connectivity index (χ4n) is 9.76. The quantitative estimate of drug-likeness (QED) is 0.0228. The zero-order valence-electron chi connectivity index (χ0n) is 49.5. The van der Waals surface area contributed by atoms with E-state index in [0.29, 0.717) is 19.3 Å². The van der Waals surface area contributed by atoms with Gasteiger partial charge >= 0.3 is 23.9 Å².